The molecule has 0 aromatic carbocycles. The number of hydrogen-bond donors (Lipinski definition) is 0. The van der Waals surface area contributed by atoms with E-state index in [9.17, 15) is 0 Å². The van der Waals surface area contributed by atoms with E-state index in [4.69, 9.17) is 11.6 Å². The minimum absolute atomic E-state index is 0.542. The van der Waals surface area contributed by atoms with Crippen molar-refractivity contribution in [3.63, 3.8) is 0 Å². The summed E-state index contributed by atoms with van der Waals surface area (Å²) in [5.74, 6) is 0. The van der Waals surface area contributed by atoms with E-state index < -0.39 is 0 Å². The molecule has 0 saturated carbocycles. The first kappa shape index (κ1) is 11.4. The first-order valence-corrected chi connectivity index (χ1v) is 6.36. The van der Waals surface area contributed by atoms with Gasteiger partial charge >= 0.3 is 0 Å². The van der Waals surface area contributed by atoms with Crippen LogP contribution in [0.2, 0.25) is 5.15 Å². The SMILES string of the molecule is CN(CCc1cccs1)c1ccnc(Cl)c1. The molecule has 2 aromatic rings. The van der Waals surface area contributed by atoms with E-state index in [1.165, 1.54) is 4.88 Å². The number of thiophene rings is 1. The summed E-state index contributed by atoms with van der Waals surface area (Å²) in [5, 5.41) is 2.65. The van der Waals surface area contributed by atoms with Gasteiger partial charge < -0.3 is 4.90 Å². The van der Waals surface area contributed by atoms with E-state index in [-0.39, 0.29) is 0 Å². The van der Waals surface area contributed by atoms with E-state index in [2.05, 4.69) is 34.4 Å². The molecule has 0 unspecified atom stereocenters. The number of rotatable bonds is 4. The average Bonchev–Trinajstić information content (AvgIpc) is 2.78. The molecular formula is C12H13ClN2S. The zero-order chi connectivity index (χ0) is 11.4. The predicted molar refractivity (Wildman–Crippen MR) is 70.5 cm³/mol. The molecule has 2 nitrogen and oxygen atoms in total. The smallest absolute Gasteiger partial charge is 0.131 e. The lowest BCUT2D eigenvalue weighted by atomic mass is 10.3. The van der Waals surface area contributed by atoms with Crippen molar-refractivity contribution in [2.24, 2.45) is 0 Å². The molecule has 0 aliphatic carbocycles. The molecule has 0 atom stereocenters. The molecule has 0 amide bonds. The Balaban J connectivity index is 1.95. The maximum absolute atomic E-state index is 5.85. The Morgan fingerprint density at radius 1 is 1.44 bits per heavy atom. The summed E-state index contributed by atoms with van der Waals surface area (Å²) < 4.78 is 0. The third-order valence-electron chi connectivity index (χ3n) is 2.42. The maximum Gasteiger partial charge on any atom is 0.131 e. The van der Waals surface area contributed by atoms with Gasteiger partial charge in [-0.15, -0.1) is 11.3 Å². The van der Waals surface area contributed by atoms with E-state index in [1.807, 2.05) is 12.1 Å². The van der Waals surface area contributed by atoms with Crippen LogP contribution in [0.4, 0.5) is 5.69 Å². The van der Waals surface area contributed by atoms with E-state index >= 15 is 0 Å². The molecule has 0 bridgehead atoms. The van der Waals surface area contributed by atoms with Crippen molar-refractivity contribution < 1.29 is 0 Å². The van der Waals surface area contributed by atoms with Crippen LogP contribution in [0, 0.1) is 0 Å². The minimum Gasteiger partial charge on any atom is -0.374 e. The van der Waals surface area contributed by atoms with Crippen molar-refractivity contribution in [2.45, 2.75) is 6.42 Å². The molecule has 0 saturated heterocycles. The second-order valence-electron chi connectivity index (χ2n) is 3.59. The second kappa shape index (κ2) is 5.32. The molecule has 2 aromatic heterocycles. The summed E-state index contributed by atoms with van der Waals surface area (Å²) in [4.78, 5) is 7.57. The fourth-order valence-electron chi connectivity index (χ4n) is 1.49. The molecule has 0 aliphatic heterocycles. The summed E-state index contributed by atoms with van der Waals surface area (Å²) in [6.45, 7) is 0.987. The Kier molecular flexibility index (Phi) is 3.80. The number of anilines is 1. The number of aromatic nitrogens is 1. The van der Waals surface area contributed by atoms with Gasteiger partial charge in [-0.3, -0.25) is 0 Å². The molecule has 84 valence electrons. The Hall–Kier alpha value is -1.06. The average molecular weight is 253 g/mol. The number of nitrogens with zero attached hydrogens (tertiary/aromatic N) is 2. The third kappa shape index (κ3) is 2.97. The van der Waals surface area contributed by atoms with Gasteiger partial charge in [0, 0.05) is 30.4 Å². The molecule has 0 radical (unpaired) electrons. The third-order valence-corrected chi connectivity index (χ3v) is 3.57. The Bertz CT molecular complexity index is 442. The highest BCUT2D eigenvalue weighted by Crippen LogP contribution is 2.17. The van der Waals surface area contributed by atoms with Gasteiger partial charge in [0.05, 0.1) is 0 Å². The van der Waals surface area contributed by atoms with Crippen LogP contribution in [0.15, 0.2) is 35.8 Å². The summed E-state index contributed by atoms with van der Waals surface area (Å²) in [6.07, 6.45) is 2.80. The zero-order valence-electron chi connectivity index (χ0n) is 9.06. The van der Waals surface area contributed by atoms with Gasteiger partial charge in [-0.1, -0.05) is 17.7 Å². The van der Waals surface area contributed by atoms with Gasteiger partial charge in [0.15, 0.2) is 0 Å². The van der Waals surface area contributed by atoms with E-state index in [0.29, 0.717) is 5.15 Å². The molecule has 0 N–H and O–H groups in total. The summed E-state index contributed by atoms with van der Waals surface area (Å²) in [5.41, 5.74) is 1.11. The van der Waals surface area contributed by atoms with Crippen LogP contribution in [0.25, 0.3) is 0 Å². The molecular weight excluding hydrogens is 240 g/mol. The number of likely N-dealkylation sites (N-methyl/N-ethyl adjacent to an activating group) is 1. The first-order valence-electron chi connectivity index (χ1n) is 5.11. The fraction of sp³-hybridized carbons (Fsp3) is 0.250. The van der Waals surface area contributed by atoms with Crippen molar-refractivity contribution in [1.29, 1.82) is 0 Å². The van der Waals surface area contributed by atoms with Gasteiger partial charge in [-0.25, -0.2) is 4.98 Å². The van der Waals surface area contributed by atoms with Crippen LogP contribution in [-0.2, 0) is 6.42 Å². The van der Waals surface area contributed by atoms with Gasteiger partial charge in [0.25, 0.3) is 0 Å². The van der Waals surface area contributed by atoms with Crippen molar-refractivity contribution >= 4 is 28.6 Å². The largest absolute Gasteiger partial charge is 0.374 e. The van der Waals surface area contributed by atoms with Crippen molar-refractivity contribution in [2.75, 3.05) is 18.5 Å². The highest BCUT2D eigenvalue weighted by atomic mass is 35.5. The molecule has 16 heavy (non-hydrogen) atoms. The van der Waals surface area contributed by atoms with Gasteiger partial charge in [-0.2, -0.15) is 0 Å². The zero-order valence-corrected chi connectivity index (χ0v) is 10.6. The lowest BCUT2D eigenvalue weighted by molar-refractivity contribution is 0.886. The Morgan fingerprint density at radius 3 is 3.00 bits per heavy atom. The second-order valence-corrected chi connectivity index (χ2v) is 5.01. The molecule has 0 spiro atoms. The molecule has 2 rings (SSSR count). The van der Waals surface area contributed by atoms with Crippen LogP contribution in [0.5, 0.6) is 0 Å². The Morgan fingerprint density at radius 2 is 2.31 bits per heavy atom. The normalized spacial score (nSPS) is 10.4. The monoisotopic (exact) mass is 252 g/mol. The quantitative estimate of drug-likeness (QED) is 0.775. The van der Waals surface area contributed by atoms with Crippen LogP contribution in [0.1, 0.15) is 4.88 Å². The topological polar surface area (TPSA) is 16.1 Å². The van der Waals surface area contributed by atoms with Gasteiger partial charge in [0.2, 0.25) is 0 Å². The Labute approximate surface area is 105 Å². The summed E-state index contributed by atoms with van der Waals surface area (Å²) >= 11 is 7.65. The van der Waals surface area contributed by atoms with Gasteiger partial charge in [-0.05, 0) is 30.0 Å². The molecule has 0 fully saturated rings. The van der Waals surface area contributed by atoms with Crippen LogP contribution >= 0.6 is 22.9 Å². The van der Waals surface area contributed by atoms with Crippen molar-refractivity contribution in [1.82, 2.24) is 4.98 Å². The standard InChI is InChI=1S/C12H13ClN2S/c1-15(7-5-11-3-2-8-16-11)10-4-6-14-12(13)9-10/h2-4,6,8-9H,5,7H2,1H3. The highest BCUT2D eigenvalue weighted by molar-refractivity contribution is 7.09. The van der Waals surface area contributed by atoms with Crippen LogP contribution < -0.4 is 4.90 Å². The molecule has 0 aliphatic rings. The van der Waals surface area contributed by atoms with Crippen LogP contribution in [-0.4, -0.2) is 18.6 Å². The number of pyridine rings is 1. The minimum atomic E-state index is 0.542. The van der Waals surface area contributed by atoms with Gasteiger partial charge in [0.1, 0.15) is 5.15 Å². The molecule has 4 heteroatoms. The number of halogens is 1. The predicted octanol–water partition coefficient (Wildman–Crippen LogP) is 3.48. The highest BCUT2D eigenvalue weighted by Gasteiger charge is 2.02. The summed E-state index contributed by atoms with van der Waals surface area (Å²) in [7, 11) is 2.07. The summed E-state index contributed by atoms with van der Waals surface area (Å²) in [6, 6.07) is 8.11. The fourth-order valence-corrected chi connectivity index (χ4v) is 2.36. The first-order chi connectivity index (χ1) is 7.75. The van der Waals surface area contributed by atoms with E-state index in [1.54, 1.807) is 17.5 Å². The van der Waals surface area contributed by atoms with Crippen molar-refractivity contribution in [3.8, 4) is 0 Å². The number of hydrogen-bond acceptors (Lipinski definition) is 3. The lowest BCUT2D eigenvalue weighted by Gasteiger charge is -2.18. The lowest BCUT2D eigenvalue weighted by Crippen LogP contribution is -2.19. The maximum atomic E-state index is 5.85. The van der Waals surface area contributed by atoms with Crippen LogP contribution in [0.3, 0.4) is 0 Å². The van der Waals surface area contributed by atoms with E-state index in [0.717, 1.165) is 18.7 Å². The molecule has 2 heterocycles. The van der Waals surface area contributed by atoms with Crippen molar-refractivity contribution in [3.05, 3.63) is 45.9 Å².